The molecule has 0 amide bonds. The lowest BCUT2D eigenvalue weighted by Crippen LogP contribution is -2.06. The molecular formula is C15H12Cl2N2. The van der Waals surface area contributed by atoms with Crippen LogP contribution in [0.5, 0.6) is 0 Å². The van der Waals surface area contributed by atoms with Crippen molar-refractivity contribution in [3.05, 3.63) is 63.6 Å². The van der Waals surface area contributed by atoms with Crippen molar-refractivity contribution >= 4 is 34.6 Å². The van der Waals surface area contributed by atoms with Crippen LogP contribution in [0.25, 0.3) is 0 Å². The minimum Gasteiger partial charge on any atom is -0.383 e. The molecule has 0 atom stereocenters. The first kappa shape index (κ1) is 12.5. The summed E-state index contributed by atoms with van der Waals surface area (Å²) < 4.78 is 0. The van der Waals surface area contributed by atoms with E-state index in [4.69, 9.17) is 23.2 Å². The molecule has 0 bridgehead atoms. The number of aliphatic imine (C=N–C) groups is 1. The molecule has 1 aliphatic rings. The van der Waals surface area contributed by atoms with Gasteiger partial charge in [-0.25, -0.2) is 0 Å². The molecule has 2 aromatic rings. The topological polar surface area (TPSA) is 24.4 Å². The highest BCUT2D eigenvalue weighted by atomic mass is 35.5. The molecule has 0 spiro atoms. The molecule has 1 heterocycles. The zero-order chi connectivity index (χ0) is 13.2. The first-order valence-corrected chi connectivity index (χ1v) is 6.84. The molecule has 96 valence electrons. The molecule has 2 aromatic carbocycles. The summed E-state index contributed by atoms with van der Waals surface area (Å²) in [7, 11) is 0. The summed E-state index contributed by atoms with van der Waals surface area (Å²) in [4.78, 5) is 4.65. The maximum atomic E-state index is 6.28. The molecule has 0 aromatic heterocycles. The van der Waals surface area contributed by atoms with Gasteiger partial charge in [-0.1, -0.05) is 41.4 Å². The van der Waals surface area contributed by atoms with Crippen molar-refractivity contribution in [2.24, 2.45) is 4.99 Å². The van der Waals surface area contributed by atoms with Gasteiger partial charge in [0.2, 0.25) is 0 Å². The van der Waals surface area contributed by atoms with Gasteiger partial charge in [-0.2, -0.15) is 0 Å². The van der Waals surface area contributed by atoms with E-state index in [-0.39, 0.29) is 0 Å². The number of anilines is 1. The molecule has 19 heavy (non-hydrogen) atoms. The second kappa shape index (κ2) is 5.24. The first-order chi connectivity index (χ1) is 9.25. The fraction of sp³-hybridized carbons (Fsp3) is 0.133. The van der Waals surface area contributed by atoms with Gasteiger partial charge in [0.25, 0.3) is 0 Å². The van der Waals surface area contributed by atoms with Crippen molar-refractivity contribution in [2.75, 3.05) is 18.4 Å². The maximum Gasteiger partial charge on any atom is 0.0755 e. The standard InChI is InChI=1S/C15H12Cl2N2/c16-10-5-6-14-12(9-10)15(19-8-7-18-14)11-3-1-2-4-13(11)17/h1-6,9,18H,7-8H2. The van der Waals surface area contributed by atoms with Crippen LogP contribution in [0, 0.1) is 0 Å². The van der Waals surface area contributed by atoms with Gasteiger partial charge < -0.3 is 5.32 Å². The van der Waals surface area contributed by atoms with Gasteiger partial charge in [0.05, 0.1) is 12.3 Å². The average Bonchev–Trinajstić information content (AvgIpc) is 2.61. The molecule has 0 radical (unpaired) electrons. The number of rotatable bonds is 1. The fourth-order valence-corrected chi connectivity index (χ4v) is 2.59. The van der Waals surface area contributed by atoms with Crippen molar-refractivity contribution < 1.29 is 0 Å². The molecular weight excluding hydrogens is 279 g/mol. The van der Waals surface area contributed by atoms with E-state index < -0.39 is 0 Å². The summed E-state index contributed by atoms with van der Waals surface area (Å²) in [6, 6.07) is 13.5. The lowest BCUT2D eigenvalue weighted by molar-refractivity contribution is 1.04. The number of benzodiazepines with no additional fused rings is 1. The highest BCUT2D eigenvalue weighted by Gasteiger charge is 2.16. The van der Waals surface area contributed by atoms with E-state index in [1.54, 1.807) is 0 Å². The Morgan fingerprint density at radius 2 is 1.84 bits per heavy atom. The van der Waals surface area contributed by atoms with Gasteiger partial charge in [0.1, 0.15) is 0 Å². The van der Waals surface area contributed by atoms with Gasteiger partial charge in [0.15, 0.2) is 0 Å². The fourth-order valence-electron chi connectivity index (χ4n) is 2.19. The van der Waals surface area contributed by atoms with E-state index >= 15 is 0 Å². The smallest absolute Gasteiger partial charge is 0.0755 e. The van der Waals surface area contributed by atoms with Crippen molar-refractivity contribution in [1.82, 2.24) is 0 Å². The number of hydrogen-bond donors (Lipinski definition) is 1. The van der Waals surface area contributed by atoms with Gasteiger partial charge in [0, 0.05) is 33.4 Å². The van der Waals surface area contributed by atoms with Crippen LogP contribution in [0.15, 0.2) is 47.5 Å². The molecule has 4 heteroatoms. The van der Waals surface area contributed by atoms with E-state index in [1.807, 2.05) is 42.5 Å². The third-order valence-corrected chi connectivity index (χ3v) is 3.63. The molecule has 0 unspecified atom stereocenters. The predicted octanol–water partition coefficient (Wildman–Crippen LogP) is 4.26. The van der Waals surface area contributed by atoms with Crippen molar-refractivity contribution in [3.63, 3.8) is 0 Å². The normalized spacial score (nSPS) is 14.1. The lowest BCUT2D eigenvalue weighted by Gasteiger charge is -2.12. The van der Waals surface area contributed by atoms with Crippen LogP contribution in [0.4, 0.5) is 5.69 Å². The summed E-state index contributed by atoms with van der Waals surface area (Å²) in [6.07, 6.45) is 0. The number of nitrogens with zero attached hydrogens (tertiary/aromatic N) is 1. The molecule has 1 N–H and O–H groups in total. The highest BCUT2D eigenvalue weighted by Crippen LogP contribution is 2.28. The third-order valence-electron chi connectivity index (χ3n) is 3.06. The van der Waals surface area contributed by atoms with Crippen molar-refractivity contribution in [1.29, 1.82) is 0 Å². The Hall–Kier alpha value is -1.51. The van der Waals surface area contributed by atoms with Crippen LogP contribution in [0.2, 0.25) is 10.0 Å². The number of halogens is 2. The highest BCUT2D eigenvalue weighted by molar-refractivity contribution is 6.36. The second-order valence-electron chi connectivity index (χ2n) is 4.33. The zero-order valence-electron chi connectivity index (χ0n) is 10.2. The van der Waals surface area contributed by atoms with E-state index in [0.29, 0.717) is 16.6 Å². The lowest BCUT2D eigenvalue weighted by atomic mass is 10.0. The van der Waals surface area contributed by atoms with E-state index in [9.17, 15) is 0 Å². The zero-order valence-corrected chi connectivity index (χ0v) is 11.7. The Kier molecular flexibility index (Phi) is 3.45. The number of fused-ring (bicyclic) bond motifs is 1. The molecule has 2 nitrogen and oxygen atoms in total. The first-order valence-electron chi connectivity index (χ1n) is 6.09. The number of nitrogens with one attached hydrogen (secondary N) is 1. The van der Waals surface area contributed by atoms with Crippen LogP contribution in [0.1, 0.15) is 11.1 Å². The van der Waals surface area contributed by atoms with Crippen LogP contribution < -0.4 is 5.32 Å². The number of benzene rings is 2. The Morgan fingerprint density at radius 1 is 1.00 bits per heavy atom. The average molecular weight is 291 g/mol. The molecule has 0 saturated carbocycles. The van der Waals surface area contributed by atoms with Crippen LogP contribution >= 0.6 is 23.2 Å². The summed E-state index contributed by atoms with van der Waals surface area (Å²) in [6.45, 7) is 1.52. The Morgan fingerprint density at radius 3 is 2.68 bits per heavy atom. The summed E-state index contributed by atoms with van der Waals surface area (Å²) in [5, 5.41) is 4.75. The molecule has 0 fully saturated rings. The Bertz CT molecular complexity index is 650. The summed E-state index contributed by atoms with van der Waals surface area (Å²) in [5.74, 6) is 0. The largest absolute Gasteiger partial charge is 0.383 e. The van der Waals surface area contributed by atoms with Gasteiger partial charge >= 0.3 is 0 Å². The van der Waals surface area contributed by atoms with Crippen molar-refractivity contribution in [2.45, 2.75) is 0 Å². The minimum atomic E-state index is 0.696. The Balaban J connectivity index is 2.20. The van der Waals surface area contributed by atoms with Crippen LogP contribution in [-0.2, 0) is 0 Å². The second-order valence-corrected chi connectivity index (χ2v) is 5.17. The predicted molar refractivity (Wildman–Crippen MR) is 81.9 cm³/mol. The van der Waals surface area contributed by atoms with Gasteiger partial charge in [-0.3, -0.25) is 4.99 Å². The molecule has 0 aliphatic carbocycles. The summed E-state index contributed by atoms with van der Waals surface area (Å²) >= 11 is 12.4. The van der Waals surface area contributed by atoms with E-state index in [2.05, 4.69) is 10.3 Å². The Labute approximate surface area is 122 Å². The van der Waals surface area contributed by atoms with Crippen LogP contribution in [0.3, 0.4) is 0 Å². The monoisotopic (exact) mass is 290 g/mol. The SMILES string of the molecule is Clc1ccc2c(c1)C(c1ccccc1Cl)=NCCN2. The minimum absolute atomic E-state index is 0.696. The van der Waals surface area contributed by atoms with Gasteiger partial charge in [-0.05, 0) is 24.3 Å². The quantitative estimate of drug-likeness (QED) is 0.834. The van der Waals surface area contributed by atoms with E-state index in [0.717, 1.165) is 29.1 Å². The van der Waals surface area contributed by atoms with Crippen molar-refractivity contribution in [3.8, 4) is 0 Å². The molecule has 3 rings (SSSR count). The maximum absolute atomic E-state index is 6.28. The van der Waals surface area contributed by atoms with Crippen LogP contribution in [-0.4, -0.2) is 18.8 Å². The number of hydrogen-bond acceptors (Lipinski definition) is 2. The molecule has 1 aliphatic heterocycles. The third kappa shape index (κ3) is 2.46. The van der Waals surface area contributed by atoms with Gasteiger partial charge in [-0.15, -0.1) is 0 Å². The molecule has 0 saturated heterocycles. The van der Waals surface area contributed by atoms with E-state index in [1.165, 1.54) is 0 Å². The summed E-state index contributed by atoms with van der Waals surface area (Å²) in [5.41, 5.74) is 3.88.